The molecule has 1 aromatic carbocycles. The first-order valence-corrected chi connectivity index (χ1v) is 11.4. The lowest BCUT2D eigenvalue weighted by molar-refractivity contribution is 0.0742. The standard InChI is InChI=1S/C25H33N5O3/c1-24(15-29-17-28-20-8-6-18(26-3)12-21(20)29)10-5-11-25(2,14-24)16-30(23(31)32)22-9-7-19(33-4)13-27-22/h6-9,12-13,17,26H,5,10-11,14-16H2,1-4H3,(H,31,32)/t24-,25?/m0/s1. The molecule has 1 amide bonds. The lowest BCUT2D eigenvalue weighted by Crippen LogP contribution is -2.45. The second-order valence-corrected chi connectivity index (χ2v) is 9.90. The molecule has 0 spiro atoms. The van der Waals surface area contributed by atoms with Crippen LogP contribution < -0.4 is 15.0 Å². The molecular weight excluding hydrogens is 418 g/mol. The van der Waals surface area contributed by atoms with E-state index in [4.69, 9.17) is 4.74 Å². The number of hydrogen-bond donors (Lipinski definition) is 2. The minimum absolute atomic E-state index is 0.0355. The van der Waals surface area contributed by atoms with Crippen molar-refractivity contribution >= 4 is 28.6 Å². The molecule has 1 unspecified atom stereocenters. The highest BCUT2D eigenvalue weighted by molar-refractivity contribution is 5.84. The fourth-order valence-electron chi connectivity index (χ4n) is 5.45. The Morgan fingerprint density at radius 1 is 1.21 bits per heavy atom. The summed E-state index contributed by atoms with van der Waals surface area (Å²) in [7, 11) is 3.49. The summed E-state index contributed by atoms with van der Waals surface area (Å²) in [4.78, 5) is 22.4. The molecule has 4 rings (SSSR count). The fraction of sp³-hybridized carbons (Fsp3) is 0.480. The third-order valence-corrected chi connectivity index (χ3v) is 6.88. The lowest BCUT2D eigenvalue weighted by atomic mass is 9.63. The van der Waals surface area contributed by atoms with Gasteiger partial charge < -0.3 is 19.7 Å². The first kappa shape index (κ1) is 22.9. The minimum atomic E-state index is -0.985. The van der Waals surface area contributed by atoms with Crippen molar-refractivity contribution in [3.63, 3.8) is 0 Å². The van der Waals surface area contributed by atoms with E-state index in [0.717, 1.165) is 48.9 Å². The zero-order valence-corrected chi connectivity index (χ0v) is 19.8. The van der Waals surface area contributed by atoms with Crippen molar-refractivity contribution in [1.82, 2.24) is 14.5 Å². The first-order valence-electron chi connectivity index (χ1n) is 11.4. The van der Waals surface area contributed by atoms with Crippen molar-refractivity contribution in [2.24, 2.45) is 10.8 Å². The van der Waals surface area contributed by atoms with Crippen LogP contribution in [0.2, 0.25) is 0 Å². The van der Waals surface area contributed by atoms with Gasteiger partial charge >= 0.3 is 6.09 Å². The Kier molecular flexibility index (Phi) is 6.19. The molecule has 2 heterocycles. The van der Waals surface area contributed by atoms with Crippen LogP contribution in [0.1, 0.15) is 39.5 Å². The van der Waals surface area contributed by atoms with Crippen LogP contribution in [-0.4, -0.2) is 46.4 Å². The van der Waals surface area contributed by atoms with Crippen LogP contribution in [0.3, 0.4) is 0 Å². The zero-order chi connectivity index (χ0) is 23.6. The monoisotopic (exact) mass is 451 g/mol. The predicted octanol–water partition coefficient (Wildman–Crippen LogP) is 5.25. The van der Waals surface area contributed by atoms with Crippen molar-refractivity contribution in [3.8, 4) is 5.75 Å². The number of hydrogen-bond acceptors (Lipinski definition) is 5. The maximum Gasteiger partial charge on any atom is 0.413 e. The molecule has 8 heteroatoms. The molecule has 0 radical (unpaired) electrons. The van der Waals surface area contributed by atoms with Crippen LogP contribution in [0.4, 0.5) is 16.3 Å². The van der Waals surface area contributed by atoms with E-state index in [1.807, 2.05) is 25.5 Å². The van der Waals surface area contributed by atoms with Gasteiger partial charge in [0.05, 0.1) is 30.7 Å². The van der Waals surface area contributed by atoms with Gasteiger partial charge in [0.25, 0.3) is 0 Å². The summed E-state index contributed by atoms with van der Waals surface area (Å²) >= 11 is 0. The Hall–Kier alpha value is -3.29. The van der Waals surface area contributed by atoms with Crippen LogP contribution in [-0.2, 0) is 6.54 Å². The summed E-state index contributed by atoms with van der Waals surface area (Å²) in [5.41, 5.74) is 3.04. The zero-order valence-electron chi connectivity index (χ0n) is 19.8. The summed E-state index contributed by atoms with van der Waals surface area (Å²) < 4.78 is 7.40. The maximum atomic E-state index is 12.1. The van der Waals surface area contributed by atoms with Gasteiger partial charge in [-0.25, -0.2) is 14.8 Å². The number of ether oxygens (including phenoxy) is 1. The Bertz CT molecular complexity index is 1130. The molecule has 0 bridgehead atoms. The number of nitrogens with zero attached hydrogens (tertiary/aromatic N) is 4. The molecule has 2 atom stereocenters. The van der Waals surface area contributed by atoms with Crippen LogP contribution in [0, 0.1) is 10.8 Å². The molecule has 8 nitrogen and oxygen atoms in total. The van der Waals surface area contributed by atoms with Gasteiger partial charge in [-0.05, 0) is 60.4 Å². The lowest BCUT2D eigenvalue weighted by Gasteiger charge is -2.46. The van der Waals surface area contributed by atoms with Gasteiger partial charge in [0.1, 0.15) is 11.6 Å². The highest BCUT2D eigenvalue weighted by Crippen LogP contribution is 2.48. The number of carbonyl (C=O) groups is 1. The number of anilines is 2. The van der Waals surface area contributed by atoms with Crippen molar-refractivity contribution < 1.29 is 14.6 Å². The highest BCUT2D eigenvalue weighted by Gasteiger charge is 2.41. The fourth-order valence-corrected chi connectivity index (χ4v) is 5.45. The van der Waals surface area contributed by atoms with Crippen LogP contribution in [0.5, 0.6) is 5.75 Å². The third-order valence-electron chi connectivity index (χ3n) is 6.88. The van der Waals surface area contributed by atoms with Crippen molar-refractivity contribution in [2.75, 3.05) is 30.9 Å². The van der Waals surface area contributed by atoms with E-state index in [0.29, 0.717) is 18.1 Å². The van der Waals surface area contributed by atoms with Gasteiger partial charge in [-0.15, -0.1) is 0 Å². The number of nitrogens with one attached hydrogen (secondary N) is 1. The van der Waals surface area contributed by atoms with E-state index >= 15 is 0 Å². The molecule has 1 aliphatic rings. The highest BCUT2D eigenvalue weighted by atomic mass is 16.5. The second kappa shape index (κ2) is 8.92. The Morgan fingerprint density at radius 2 is 2.00 bits per heavy atom. The number of aromatic nitrogens is 3. The Labute approximate surface area is 194 Å². The van der Waals surface area contributed by atoms with Gasteiger partial charge in [0.15, 0.2) is 0 Å². The third kappa shape index (κ3) is 4.89. The summed E-state index contributed by atoms with van der Waals surface area (Å²) in [5.74, 6) is 1.03. The molecule has 1 fully saturated rings. The van der Waals surface area contributed by atoms with Gasteiger partial charge in [0.2, 0.25) is 0 Å². The molecule has 0 aliphatic heterocycles. The summed E-state index contributed by atoms with van der Waals surface area (Å²) in [5, 5.41) is 13.1. The number of rotatable bonds is 7. The molecular formula is C25H33N5O3. The van der Waals surface area contributed by atoms with Crippen LogP contribution in [0.25, 0.3) is 11.0 Å². The van der Waals surface area contributed by atoms with E-state index in [1.165, 1.54) is 4.90 Å². The molecule has 3 aromatic rings. The normalized spacial score (nSPS) is 22.8. The Balaban J connectivity index is 1.55. The van der Waals surface area contributed by atoms with Crippen molar-refractivity contribution in [1.29, 1.82) is 0 Å². The number of carboxylic acid groups (broad SMARTS) is 1. The summed E-state index contributed by atoms with van der Waals surface area (Å²) in [6.45, 7) is 5.77. The quantitative estimate of drug-likeness (QED) is 0.509. The van der Waals surface area contributed by atoms with Gasteiger partial charge in [0, 0.05) is 25.8 Å². The number of amides is 1. The van der Waals surface area contributed by atoms with Crippen molar-refractivity contribution in [2.45, 2.75) is 46.1 Å². The predicted molar refractivity (Wildman–Crippen MR) is 130 cm³/mol. The number of methoxy groups -OCH3 is 1. The average molecular weight is 452 g/mol. The van der Waals surface area contributed by atoms with E-state index < -0.39 is 6.09 Å². The number of pyridine rings is 1. The molecule has 0 saturated heterocycles. The molecule has 33 heavy (non-hydrogen) atoms. The van der Waals surface area contributed by atoms with E-state index in [1.54, 1.807) is 25.4 Å². The van der Waals surface area contributed by atoms with Crippen molar-refractivity contribution in [3.05, 3.63) is 42.9 Å². The molecule has 2 aromatic heterocycles. The van der Waals surface area contributed by atoms with E-state index in [-0.39, 0.29) is 10.8 Å². The topological polar surface area (TPSA) is 92.5 Å². The summed E-state index contributed by atoms with van der Waals surface area (Å²) in [6.07, 6.45) is 6.56. The number of benzene rings is 1. The average Bonchev–Trinajstić information content (AvgIpc) is 3.18. The second-order valence-electron chi connectivity index (χ2n) is 9.90. The SMILES string of the molecule is CNc1ccc2ncn(C[C@@]3(C)CCCC(C)(CN(C(=O)O)c4ccc(OC)cn4)C3)c2c1. The van der Waals surface area contributed by atoms with Crippen LogP contribution >= 0.6 is 0 Å². The number of fused-ring (bicyclic) bond motifs is 1. The van der Waals surface area contributed by atoms with E-state index in [9.17, 15) is 9.90 Å². The van der Waals surface area contributed by atoms with E-state index in [2.05, 4.69) is 39.8 Å². The smallest absolute Gasteiger partial charge is 0.413 e. The van der Waals surface area contributed by atoms with Crippen LogP contribution in [0.15, 0.2) is 42.9 Å². The molecule has 176 valence electrons. The van der Waals surface area contributed by atoms with Gasteiger partial charge in [-0.2, -0.15) is 0 Å². The molecule has 1 saturated carbocycles. The van der Waals surface area contributed by atoms with Gasteiger partial charge in [-0.3, -0.25) is 4.90 Å². The molecule has 2 N–H and O–H groups in total. The maximum absolute atomic E-state index is 12.1. The first-order chi connectivity index (χ1) is 15.7. The number of imidazole rings is 1. The largest absolute Gasteiger partial charge is 0.495 e. The molecule has 1 aliphatic carbocycles. The minimum Gasteiger partial charge on any atom is -0.495 e. The Morgan fingerprint density at radius 3 is 2.67 bits per heavy atom. The summed E-state index contributed by atoms with van der Waals surface area (Å²) in [6, 6.07) is 9.66. The van der Waals surface area contributed by atoms with Gasteiger partial charge in [-0.1, -0.05) is 20.3 Å².